The first kappa shape index (κ1) is 15.5. The largest absolute Gasteiger partial charge is 0.481 e. The quantitative estimate of drug-likeness (QED) is 0.356. The van der Waals surface area contributed by atoms with Gasteiger partial charge in [-0.2, -0.15) is 0 Å². The van der Waals surface area contributed by atoms with Crippen molar-refractivity contribution in [2.24, 2.45) is 0 Å². The molecule has 0 amide bonds. The van der Waals surface area contributed by atoms with E-state index in [1.165, 1.54) is 7.11 Å². The molecule has 0 fully saturated rings. The number of ether oxygens (including phenoxy) is 2. The van der Waals surface area contributed by atoms with Crippen LogP contribution in [0.1, 0.15) is 11.1 Å². The summed E-state index contributed by atoms with van der Waals surface area (Å²) in [7, 11) is 1.30. The topological polar surface area (TPSA) is 52.6 Å². The molecule has 4 nitrogen and oxygen atoms in total. The van der Waals surface area contributed by atoms with Crippen molar-refractivity contribution in [2.45, 2.75) is 0 Å². The Bertz CT molecular complexity index is 674. The number of rotatable bonds is 6. The molecule has 4 heteroatoms. The monoisotopic (exact) mass is 296 g/mol. The van der Waals surface area contributed by atoms with E-state index in [-0.39, 0.29) is 6.61 Å². The lowest BCUT2D eigenvalue weighted by Gasteiger charge is -2.10. The van der Waals surface area contributed by atoms with Gasteiger partial charge in [-0.15, -0.1) is 0 Å². The summed E-state index contributed by atoms with van der Waals surface area (Å²) in [5.41, 5.74) is 2.02. The molecule has 0 bridgehead atoms. The summed E-state index contributed by atoms with van der Waals surface area (Å²) in [6.45, 7) is -0.203. The number of esters is 1. The van der Waals surface area contributed by atoms with Gasteiger partial charge in [-0.25, -0.2) is 4.79 Å². The van der Waals surface area contributed by atoms with Crippen LogP contribution in [0.2, 0.25) is 0 Å². The first-order chi connectivity index (χ1) is 10.7. The minimum Gasteiger partial charge on any atom is -0.481 e. The van der Waals surface area contributed by atoms with Crippen molar-refractivity contribution < 1.29 is 19.1 Å². The van der Waals surface area contributed by atoms with Gasteiger partial charge in [0.15, 0.2) is 12.9 Å². The average molecular weight is 296 g/mol. The van der Waals surface area contributed by atoms with Gasteiger partial charge in [-0.3, -0.25) is 4.79 Å². The van der Waals surface area contributed by atoms with Gasteiger partial charge in [-0.05, 0) is 17.7 Å². The molecule has 0 atom stereocenters. The summed E-state index contributed by atoms with van der Waals surface area (Å²) in [6.07, 6.45) is 2.54. The van der Waals surface area contributed by atoms with E-state index in [1.54, 1.807) is 24.3 Å². The highest BCUT2D eigenvalue weighted by atomic mass is 16.6. The second-order valence-corrected chi connectivity index (χ2v) is 4.49. The molecule has 112 valence electrons. The predicted octanol–water partition coefficient (Wildman–Crippen LogP) is 2.98. The maximum atomic E-state index is 11.4. The lowest BCUT2D eigenvalue weighted by atomic mass is 10.0. The summed E-state index contributed by atoms with van der Waals surface area (Å²) in [6, 6.07) is 16.6. The van der Waals surface area contributed by atoms with Gasteiger partial charge in [0, 0.05) is 11.1 Å². The summed E-state index contributed by atoms with van der Waals surface area (Å²) in [5, 5.41) is 0. The molecule has 0 radical (unpaired) electrons. The van der Waals surface area contributed by atoms with E-state index in [2.05, 4.69) is 4.74 Å². The first-order valence-electron chi connectivity index (χ1n) is 6.75. The minimum atomic E-state index is -0.477. The van der Waals surface area contributed by atoms with Gasteiger partial charge in [0.2, 0.25) is 0 Å². The Morgan fingerprint density at radius 2 is 1.73 bits per heavy atom. The summed E-state index contributed by atoms with van der Waals surface area (Å²) < 4.78 is 9.98. The van der Waals surface area contributed by atoms with E-state index in [1.807, 2.05) is 36.4 Å². The fourth-order valence-corrected chi connectivity index (χ4v) is 1.93. The SMILES string of the molecule is COC(=O)COc1ccccc1C(C=O)=Cc1ccccc1. The van der Waals surface area contributed by atoms with Gasteiger partial charge in [0.1, 0.15) is 5.75 Å². The molecule has 0 N–H and O–H groups in total. The van der Waals surface area contributed by atoms with Crippen LogP contribution in [0, 0.1) is 0 Å². The lowest BCUT2D eigenvalue weighted by Crippen LogP contribution is -2.13. The molecule has 0 aliphatic carbocycles. The van der Waals surface area contributed by atoms with Crippen molar-refractivity contribution in [3.05, 3.63) is 65.7 Å². The molecular weight excluding hydrogens is 280 g/mol. The van der Waals surface area contributed by atoms with Crippen LogP contribution in [0.3, 0.4) is 0 Å². The number of para-hydroxylation sites is 1. The van der Waals surface area contributed by atoms with Gasteiger partial charge in [0.05, 0.1) is 7.11 Å². The van der Waals surface area contributed by atoms with Crippen molar-refractivity contribution in [2.75, 3.05) is 13.7 Å². The third kappa shape index (κ3) is 4.06. The number of hydrogen-bond acceptors (Lipinski definition) is 4. The molecular formula is C18H16O4. The number of methoxy groups -OCH3 is 1. The Morgan fingerprint density at radius 3 is 2.41 bits per heavy atom. The average Bonchev–Trinajstić information content (AvgIpc) is 2.58. The Labute approximate surface area is 129 Å². The van der Waals surface area contributed by atoms with Crippen molar-refractivity contribution in [3.8, 4) is 5.75 Å². The zero-order valence-electron chi connectivity index (χ0n) is 12.2. The molecule has 0 heterocycles. The molecule has 0 spiro atoms. The van der Waals surface area contributed by atoms with Crippen LogP contribution in [0.5, 0.6) is 5.75 Å². The highest BCUT2D eigenvalue weighted by Crippen LogP contribution is 2.26. The standard InChI is InChI=1S/C18H16O4/c1-21-18(20)13-22-17-10-6-5-9-16(17)15(12-19)11-14-7-3-2-4-8-14/h2-12H,13H2,1H3. The number of aldehydes is 1. The molecule has 2 rings (SSSR count). The van der Waals surface area contributed by atoms with Gasteiger partial charge >= 0.3 is 5.97 Å². The maximum absolute atomic E-state index is 11.4. The fourth-order valence-electron chi connectivity index (χ4n) is 1.93. The normalized spacial score (nSPS) is 10.9. The molecule has 0 saturated carbocycles. The van der Waals surface area contributed by atoms with Gasteiger partial charge in [0.25, 0.3) is 0 Å². The highest BCUT2D eigenvalue weighted by molar-refractivity contribution is 6.14. The lowest BCUT2D eigenvalue weighted by molar-refractivity contribution is -0.142. The predicted molar refractivity (Wildman–Crippen MR) is 84.3 cm³/mol. The van der Waals surface area contributed by atoms with Crippen LogP contribution in [-0.4, -0.2) is 26.0 Å². The Balaban J connectivity index is 2.31. The highest BCUT2D eigenvalue weighted by Gasteiger charge is 2.10. The van der Waals surface area contributed by atoms with Crippen molar-refractivity contribution in [1.29, 1.82) is 0 Å². The molecule has 2 aromatic rings. The zero-order valence-corrected chi connectivity index (χ0v) is 12.2. The summed E-state index contributed by atoms with van der Waals surface area (Å²) in [5.74, 6) is -0.0170. The summed E-state index contributed by atoms with van der Waals surface area (Å²) in [4.78, 5) is 22.6. The summed E-state index contributed by atoms with van der Waals surface area (Å²) >= 11 is 0. The molecule has 0 aromatic heterocycles. The number of allylic oxidation sites excluding steroid dienone is 1. The van der Waals surface area contributed by atoms with Crippen LogP contribution >= 0.6 is 0 Å². The van der Waals surface area contributed by atoms with Gasteiger partial charge < -0.3 is 9.47 Å². The smallest absolute Gasteiger partial charge is 0.343 e. The Hall–Kier alpha value is -2.88. The van der Waals surface area contributed by atoms with Crippen LogP contribution in [-0.2, 0) is 14.3 Å². The maximum Gasteiger partial charge on any atom is 0.343 e. The Morgan fingerprint density at radius 1 is 1.05 bits per heavy atom. The molecule has 0 unspecified atom stereocenters. The van der Waals surface area contributed by atoms with Crippen molar-refractivity contribution in [1.82, 2.24) is 0 Å². The first-order valence-corrected chi connectivity index (χ1v) is 6.75. The molecule has 0 aliphatic rings. The van der Waals surface area contributed by atoms with Crippen molar-refractivity contribution >= 4 is 23.9 Å². The van der Waals surface area contributed by atoms with Crippen LogP contribution in [0.15, 0.2) is 54.6 Å². The second kappa shape index (κ2) is 7.78. The van der Waals surface area contributed by atoms with E-state index in [9.17, 15) is 9.59 Å². The third-order valence-electron chi connectivity index (χ3n) is 3.02. The van der Waals surface area contributed by atoms with Crippen LogP contribution in [0.4, 0.5) is 0 Å². The molecule has 2 aromatic carbocycles. The van der Waals surface area contributed by atoms with E-state index >= 15 is 0 Å². The molecule has 22 heavy (non-hydrogen) atoms. The number of carbonyl (C=O) groups excluding carboxylic acids is 2. The minimum absolute atomic E-state index is 0.203. The number of benzene rings is 2. The van der Waals surface area contributed by atoms with E-state index in [0.717, 1.165) is 11.8 Å². The van der Waals surface area contributed by atoms with Crippen LogP contribution < -0.4 is 4.74 Å². The number of hydrogen-bond donors (Lipinski definition) is 0. The Kier molecular flexibility index (Phi) is 5.49. The van der Waals surface area contributed by atoms with Crippen molar-refractivity contribution in [3.63, 3.8) is 0 Å². The van der Waals surface area contributed by atoms with Gasteiger partial charge in [-0.1, -0.05) is 48.5 Å². The zero-order chi connectivity index (χ0) is 15.8. The number of carbonyl (C=O) groups is 2. The second-order valence-electron chi connectivity index (χ2n) is 4.49. The van der Waals surface area contributed by atoms with E-state index in [0.29, 0.717) is 16.9 Å². The van der Waals surface area contributed by atoms with Crippen LogP contribution in [0.25, 0.3) is 11.6 Å². The molecule has 0 saturated heterocycles. The van der Waals surface area contributed by atoms with E-state index < -0.39 is 5.97 Å². The molecule has 0 aliphatic heterocycles. The van der Waals surface area contributed by atoms with E-state index in [4.69, 9.17) is 4.74 Å². The third-order valence-corrected chi connectivity index (χ3v) is 3.02. The fraction of sp³-hybridized carbons (Fsp3) is 0.111.